The van der Waals surface area contributed by atoms with Gasteiger partial charge in [-0.15, -0.1) is 0 Å². The van der Waals surface area contributed by atoms with Gasteiger partial charge in [0.05, 0.1) is 52.4 Å². The van der Waals surface area contributed by atoms with Crippen molar-refractivity contribution in [1.82, 2.24) is 19.9 Å². The fourth-order valence-corrected chi connectivity index (χ4v) is 4.48. The van der Waals surface area contributed by atoms with E-state index in [1.807, 2.05) is 100 Å². The maximum Gasteiger partial charge on any atom is 2.00 e. The van der Waals surface area contributed by atoms with Crippen LogP contribution in [0.5, 0.6) is 0 Å². The van der Waals surface area contributed by atoms with Crippen molar-refractivity contribution in [2.75, 3.05) is 52.4 Å². The van der Waals surface area contributed by atoms with Crippen molar-refractivity contribution in [3.05, 3.63) is 142 Å². The Bertz CT molecular complexity index is 1320. The van der Waals surface area contributed by atoms with E-state index >= 15 is 0 Å². The van der Waals surface area contributed by atoms with Crippen LogP contribution in [0.2, 0.25) is 0 Å². The van der Waals surface area contributed by atoms with Gasteiger partial charge in [0.15, 0.2) is 0 Å². The summed E-state index contributed by atoms with van der Waals surface area (Å²) in [6.45, 7) is 36.3. The van der Waals surface area contributed by atoms with Crippen LogP contribution in [0.3, 0.4) is 0 Å². The Hall–Kier alpha value is -0.114. The molecule has 4 rings (SSSR count). The van der Waals surface area contributed by atoms with Crippen LogP contribution in [-0.2, 0) is 143 Å². The van der Waals surface area contributed by atoms with Crippen molar-refractivity contribution in [2.45, 2.75) is 83.1 Å². The van der Waals surface area contributed by atoms with Crippen LogP contribution in [0.4, 0.5) is 0 Å². The van der Waals surface area contributed by atoms with Crippen LogP contribution in [-0.4, -0.2) is 102 Å². The number of hydrogen-bond donors (Lipinski definition) is 0. The predicted octanol–water partition coefficient (Wildman–Crippen LogP) is 11.9. The Kier molecular flexibility index (Phi) is 143. The van der Waals surface area contributed by atoms with Crippen molar-refractivity contribution in [2.24, 2.45) is 0 Å². The van der Waals surface area contributed by atoms with Gasteiger partial charge in [-0.05, 0) is 132 Å². The van der Waals surface area contributed by atoms with Crippen molar-refractivity contribution in [3.8, 4) is 0 Å². The van der Waals surface area contributed by atoms with Crippen LogP contribution in [0, 0.1) is 27.7 Å². The zero-order valence-electron chi connectivity index (χ0n) is 40.2. The average molecular weight is 1430 g/mol. The number of isothiocyanates is 4. The summed E-state index contributed by atoms with van der Waals surface area (Å²) in [5.74, 6) is 0. The van der Waals surface area contributed by atoms with Gasteiger partial charge in [0, 0.05) is 47.6 Å². The van der Waals surface area contributed by atoms with E-state index in [9.17, 15) is 0 Å². The Morgan fingerprint density at radius 3 is 0.507 bits per heavy atom. The number of thiocarbonyl (C=S) groups is 4. The number of rotatable bonds is 8. The summed E-state index contributed by atoms with van der Waals surface area (Å²) in [5, 5.41) is 33.9. The third-order valence-electron chi connectivity index (χ3n) is 8.62. The third-order valence-corrected chi connectivity index (χ3v) is 8.62. The Labute approximate surface area is 513 Å². The van der Waals surface area contributed by atoms with E-state index in [4.69, 9.17) is 21.6 Å². The van der Waals surface area contributed by atoms with Crippen LogP contribution in [0.1, 0.15) is 78.2 Å². The molecule has 0 fully saturated rings. The molecule has 0 aliphatic rings. The summed E-state index contributed by atoms with van der Waals surface area (Å²) >= 11 is 14.8. The molecule has 0 saturated heterocycles. The van der Waals surface area contributed by atoms with Gasteiger partial charge in [-0.3, -0.25) is 19.9 Å². The Balaban J connectivity index is -0.0000000347. The molecular formula is C44H68Cu4N10S8W. The van der Waals surface area contributed by atoms with Crippen molar-refractivity contribution >= 4 is 123 Å². The van der Waals surface area contributed by atoms with E-state index in [1.165, 1.54) is 82.0 Å². The first-order valence-corrected chi connectivity index (χ1v) is 20.6. The van der Waals surface area contributed by atoms with E-state index < -0.39 is 0 Å². The van der Waals surface area contributed by atoms with Gasteiger partial charge in [-0.1, -0.05) is 73.1 Å². The largest absolute Gasteiger partial charge is 2.00 e. The van der Waals surface area contributed by atoms with E-state index in [1.54, 1.807) is 24.8 Å². The van der Waals surface area contributed by atoms with Gasteiger partial charge in [0.1, 0.15) is 0 Å². The second kappa shape index (κ2) is 88.8. The molecule has 0 bridgehead atoms. The Morgan fingerprint density at radius 2 is 0.478 bits per heavy atom. The standard InChI is InChI=1S/2C8H20N.4C6H7N.4CNS.4Cu.4S.W/c2*1-5-9(6-2,7-3)8-4;4*1-6-4-2-3-5-7-6;4*2-1-3;;;;;;;;;/h2*5-8H2,1-4H3;4*2-5H,1H3;;;;;;;;;;;;;/q2*+1;;;;;4*-1;4*+2;4*-2;+2. The summed E-state index contributed by atoms with van der Waals surface area (Å²) in [6, 6.07) is 23.4. The molecule has 0 aliphatic heterocycles. The topological polar surface area (TPSA) is 141 Å². The van der Waals surface area contributed by atoms with E-state index in [0.29, 0.717) is 0 Å². The predicted molar refractivity (Wildman–Crippen MR) is 294 cm³/mol. The first-order chi connectivity index (χ1) is 27.7. The molecule has 0 saturated carbocycles. The molecule has 0 amide bonds. The molecule has 392 valence electrons. The van der Waals surface area contributed by atoms with Crippen molar-refractivity contribution in [3.63, 3.8) is 0 Å². The molecule has 4 heterocycles. The van der Waals surface area contributed by atoms with Gasteiger partial charge in [-0.2, -0.15) is 20.6 Å². The fraction of sp³-hybridized carbons (Fsp3) is 0.455. The molecule has 0 unspecified atom stereocenters. The van der Waals surface area contributed by atoms with Crippen LogP contribution >= 0.6 is 48.9 Å². The van der Waals surface area contributed by atoms with Gasteiger partial charge >= 0.3 is 89.3 Å². The summed E-state index contributed by atoms with van der Waals surface area (Å²) in [7, 11) is 0. The minimum atomic E-state index is 0. The van der Waals surface area contributed by atoms with Crippen molar-refractivity contribution in [1.29, 1.82) is 0 Å². The SMILES string of the molecule is CC[N+](CC)(CC)CC.CC[N+](CC)(CC)CC.Cc1ccccn1.Cc1ccccn1.Cc1ccccn1.Cc1ccccn1.[Cu+2].[Cu+2].[Cu+2].[Cu+2].[N-]=C=S.[N-]=C=S.[N-]=C=S.[N-]=C=S.[S-2].[S-2].[S-2].[S-2].[W+2]. The Morgan fingerprint density at radius 1 is 0.358 bits per heavy atom. The van der Waals surface area contributed by atoms with Gasteiger partial charge in [-0.25, -0.2) is 0 Å². The molecule has 23 heteroatoms. The number of quaternary nitrogens is 2. The van der Waals surface area contributed by atoms with Crippen molar-refractivity contribution < 1.29 is 98.3 Å². The minimum Gasteiger partial charge on any atom is -2.00 e. The van der Waals surface area contributed by atoms with Crippen LogP contribution in [0.25, 0.3) is 21.6 Å². The van der Waals surface area contributed by atoms with E-state index in [-0.39, 0.29) is 143 Å². The van der Waals surface area contributed by atoms with E-state index in [2.05, 4.69) is 124 Å². The van der Waals surface area contributed by atoms with Crippen LogP contribution < -0.4 is 0 Å². The zero-order chi connectivity index (χ0) is 45.9. The number of pyridine rings is 4. The van der Waals surface area contributed by atoms with Gasteiger partial charge in [0.2, 0.25) is 0 Å². The van der Waals surface area contributed by atoms with Gasteiger partial charge < -0.3 is 84.6 Å². The number of aromatic nitrogens is 4. The second-order valence-electron chi connectivity index (χ2n) is 11.5. The monoisotopic (exact) mass is 1430 g/mol. The summed E-state index contributed by atoms with van der Waals surface area (Å²) in [6.07, 6.45) is 7.15. The smallest absolute Gasteiger partial charge is 2.00 e. The number of aryl methyl sites for hydroxylation is 4. The first kappa shape index (κ1) is 108. The molecule has 0 atom stereocenters. The molecule has 0 aromatic carbocycles. The van der Waals surface area contributed by atoms with Crippen LogP contribution in [0.15, 0.2) is 97.6 Å². The summed E-state index contributed by atoms with van der Waals surface area (Å²) < 4.78 is 2.56. The number of hydrogen-bond acceptors (Lipinski definition) is 8. The first-order valence-electron chi connectivity index (χ1n) is 19.0. The molecule has 0 aliphatic carbocycles. The molecule has 67 heavy (non-hydrogen) atoms. The normalized spacial score (nSPS) is 7.34. The average Bonchev–Trinajstić information content (AvgIpc) is 3.24. The molecule has 4 aromatic heterocycles. The molecular weight excluding hydrogens is 1360 g/mol. The molecule has 10 nitrogen and oxygen atoms in total. The quantitative estimate of drug-likeness (QED) is 0.0735. The maximum atomic E-state index is 7.13. The molecule has 0 spiro atoms. The van der Waals surface area contributed by atoms with Gasteiger partial charge in [0.25, 0.3) is 0 Å². The third kappa shape index (κ3) is 86.1. The second-order valence-corrected chi connectivity index (χ2v) is 12.2. The molecule has 0 N–H and O–H groups in total. The molecule has 4 radical (unpaired) electrons. The summed E-state index contributed by atoms with van der Waals surface area (Å²) in [5.41, 5.74) is 4.29. The number of nitrogens with zero attached hydrogens (tertiary/aromatic N) is 10. The fourth-order valence-electron chi connectivity index (χ4n) is 4.48. The zero-order valence-corrected chi connectivity index (χ0v) is 53.5. The maximum absolute atomic E-state index is 7.13. The molecule has 4 aromatic rings. The van der Waals surface area contributed by atoms with E-state index in [0.717, 1.165) is 22.8 Å². The minimum absolute atomic E-state index is 0. The summed E-state index contributed by atoms with van der Waals surface area (Å²) in [4.78, 5) is 15.9.